The minimum atomic E-state index is -0.663. The van der Waals surface area contributed by atoms with Crippen molar-refractivity contribution in [1.82, 2.24) is 10.2 Å². The van der Waals surface area contributed by atoms with Gasteiger partial charge >= 0.3 is 0 Å². The third kappa shape index (κ3) is 6.65. The van der Waals surface area contributed by atoms with Crippen molar-refractivity contribution >= 4 is 35.0 Å². The lowest BCUT2D eigenvalue weighted by Crippen LogP contribution is -2.49. The quantitative estimate of drug-likeness (QED) is 0.623. The summed E-state index contributed by atoms with van der Waals surface area (Å²) in [4.78, 5) is 26.9. The first-order valence-corrected chi connectivity index (χ1v) is 10.3. The lowest BCUT2D eigenvalue weighted by Gasteiger charge is -2.29. The summed E-state index contributed by atoms with van der Waals surface area (Å²) < 4.78 is 5.70. The molecule has 0 aliphatic heterocycles. The Morgan fingerprint density at radius 2 is 1.86 bits per heavy atom. The molecule has 0 spiro atoms. The number of amides is 2. The molecule has 2 aromatic rings. The topological polar surface area (TPSA) is 58.6 Å². The molecule has 29 heavy (non-hydrogen) atoms. The van der Waals surface area contributed by atoms with Crippen LogP contribution in [0.1, 0.15) is 31.4 Å². The first-order valence-electron chi connectivity index (χ1n) is 9.53. The maximum absolute atomic E-state index is 13.0. The minimum Gasteiger partial charge on any atom is -0.484 e. The zero-order valence-corrected chi connectivity index (χ0v) is 18.4. The predicted molar refractivity (Wildman–Crippen MR) is 116 cm³/mol. The molecule has 0 fully saturated rings. The second kappa shape index (κ2) is 11.1. The first-order chi connectivity index (χ1) is 13.8. The number of benzene rings is 2. The van der Waals surface area contributed by atoms with E-state index in [0.717, 1.165) is 17.5 Å². The fourth-order valence-electron chi connectivity index (χ4n) is 2.75. The number of hydrogen-bond donors (Lipinski definition) is 1. The molecule has 7 heteroatoms. The monoisotopic (exact) mass is 436 g/mol. The Morgan fingerprint density at radius 3 is 2.52 bits per heavy atom. The Labute approximate surface area is 181 Å². The minimum absolute atomic E-state index is 0.169. The number of carbonyl (C=O) groups is 2. The van der Waals surface area contributed by atoms with Crippen LogP contribution in [0.5, 0.6) is 5.75 Å². The van der Waals surface area contributed by atoms with Gasteiger partial charge in [0.05, 0.1) is 10.0 Å². The van der Waals surface area contributed by atoms with E-state index in [-0.39, 0.29) is 25.0 Å². The number of nitrogens with one attached hydrogen (secondary N) is 1. The van der Waals surface area contributed by atoms with Crippen LogP contribution in [0.15, 0.2) is 42.5 Å². The van der Waals surface area contributed by atoms with Gasteiger partial charge in [0, 0.05) is 13.1 Å². The SMILES string of the molecule is CCCNC(=O)[C@@H](C)N(Cc1ccc(Cl)c(Cl)c1)C(=O)COc1ccccc1C. The molecule has 156 valence electrons. The summed E-state index contributed by atoms with van der Waals surface area (Å²) >= 11 is 12.1. The molecule has 0 saturated carbocycles. The fraction of sp³-hybridized carbons (Fsp3) is 0.364. The van der Waals surface area contributed by atoms with Gasteiger partial charge in [-0.25, -0.2) is 0 Å². The molecule has 0 heterocycles. The maximum atomic E-state index is 13.0. The number of aryl methyl sites for hydroxylation is 1. The van der Waals surface area contributed by atoms with Crippen LogP contribution < -0.4 is 10.1 Å². The highest BCUT2D eigenvalue weighted by atomic mass is 35.5. The lowest BCUT2D eigenvalue weighted by molar-refractivity contribution is -0.142. The molecule has 0 aliphatic carbocycles. The highest BCUT2D eigenvalue weighted by Gasteiger charge is 2.26. The van der Waals surface area contributed by atoms with E-state index in [1.54, 1.807) is 25.1 Å². The van der Waals surface area contributed by atoms with Gasteiger partial charge in [-0.3, -0.25) is 9.59 Å². The zero-order chi connectivity index (χ0) is 21.4. The molecule has 0 aromatic heterocycles. The summed E-state index contributed by atoms with van der Waals surface area (Å²) in [6.45, 7) is 6.19. The molecular formula is C22H26Cl2N2O3. The molecule has 1 N–H and O–H groups in total. The number of carbonyl (C=O) groups excluding carboxylic acids is 2. The predicted octanol–water partition coefficient (Wildman–Crippen LogP) is 4.62. The number of para-hydroxylation sites is 1. The highest BCUT2D eigenvalue weighted by molar-refractivity contribution is 6.42. The first kappa shape index (κ1) is 23.0. The summed E-state index contributed by atoms with van der Waals surface area (Å²) in [6.07, 6.45) is 0.815. The van der Waals surface area contributed by atoms with Crippen molar-refractivity contribution in [2.75, 3.05) is 13.2 Å². The summed E-state index contributed by atoms with van der Waals surface area (Å²) in [5.74, 6) is 0.132. The molecule has 2 rings (SSSR count). The van der Waals surface area contributed by atoms with E-state index >= 15 is 0 Å². The molecule has 0 unspecified atom stereocenters. The van der Waals surface area contributed by atoms with E-state index in [0.29, 0.717) is 22.3 Å². The van der Waals surface area contributed by atoms with Gasteiger partial charge in [0.1, 0.15) is 11.8 Å². The van der Waals surface area contributed by atoms with Gasteiger partial charge < -0.3 is 15.0 Å². The number of hydrogen-bond acceptors (Lipinski definition) is 3. The third-order valence-electron chi connectivity index (χ3n) is 4.50. The molecule has 0 bridgehead atoms. The number of rotatable bonds is 9. The summed E-state index contributed by atoms with van der Waals surface area (Å²) in [5.41, 5.74) is 1.71. The normalized spacial score (nSPS) is 11.6. The number of halogens is 2. The van der Waals surface area contributed by atoms with Crippen LogP contribution in [0, 0.1) is 6.92 Å². The Hall–Kier alpha value is -2.24. The van der Waals surface area contributed by atoms with E-state index in [1.165, 1.54) is 4.90 Å². The Morgan fingerprint density at radius 1 is 1.14 bits per heavy atom. The van der Waals surface area contributed by atoms with Crippen LogP contribution in [0.3, 0.4) is 0 Å². The third-order valence-corrected chi connectivity index (χ3v) is 5.24. The van der Waals surface area contributed by atoms with E-state index < -0.39 is 6.04 Å². The van der Waals surface area contributed by atoms with Crippen LogP contribution in [-0.4, -0.2) is 35.9 Å². The maximum Gasteiger partial charge on any atom is 0.261 e. The highest BCUT2D eigenvalue weighted by Crippen LogP contribution is 2.24. The lowest BCUT2D eigenvalue weighted by atomic mass is 10.1. The molecule has 1 atom stereocenters. The van der Waals surface area contributed by atoms with Crippen molar-refractivity contribution in [2.24, 2.45) is 0 Å². The van der Waals surface area contributed by atoms with Gasteiger partial charge in [0.2, 0.25) is 5.91 Å². The van der Waals surface area contributed by atoms with E-state index in [4.69, 9.17) is 27.9 Å². The molecule has 0 saturated heterocycles. The van der Waals surface area contributed by atoms with E-state index in [1.807, 2.05) is 38.1 Å². The molecule has 2 aromatic carbocycles. The van der Waals surface area contributed by atoms with Crippen LogP contribution in [0.25, 0.3) is 0 Å². The second-order valence-electron chi connectivity index (χ2n) is 6.79. The van der Waals surface area contributed by atoms with E-state index in [2.05, 4.69) is 5.32 Å². The van der Waals surface area contributed by atoms with Gasteiger partial charge in [-0.05, 0) is 49.6 Å². The van der Waals surface area contributed by atoms with Gasteiger partial charge in [-0.1, -0.05) is 54.4 Å². The molecule has 0 radical (unpaired) electrons. The average molecular weight is 437 g/mol. The summed E-state index contributed by atoms with van der Waals surface area (Å²) in [6, 6.07) is 12.0. The van der Waals surface area contributed by atoms with Crippen molar-refractivity contribution in [3.63, 3.8) is 0 Å². The van der Waals surface area contributed by atoms with Gasteiger partial charge in [-0.15, -0.1) is 0 Å². The van der Waals surface area contributed by atoms with Crippen LogP contribution in [-0.2, 0) is 16.1 Å². The average Bonchev–Trinajstić information content (AvgIpc) is 2.71. The van der Waals surface area contributed by atoms with Crippen LogP contribution in [0.4, 0.5) is 0 Å². The van der Waals surface area contributed by atoms with Crippen LogP contribution in [0.2, 0.25) is 10.0 Å². The Balaban J connectivity index is 2.17. The molecule has 0 aliphatic rings. The standard InChI is InChI=1S/C22H26Cl2N2O3/c1-4-11-25-22(28)16(3)26(13-17-9-10-18(23)19(24)12-17)21(27)14-29-20-8-6-5-7-15(20)2/h5-10,12,16H,4,11,13-14H2,1-3H3,(H,25,28)/t16-/m1/s1. The fourth-order valence-corrected chi connectivity index (χ4v) is 3.07. The van der Waals surface area contributed by atoms with Crippen molar-refractivity contribution in [1.29, 1.82) is 0 Å². The largest absolute Gasteiger partial charge is 0.484 e. The van der Waals surface area contributed by atoms with Crippen molar-refractivity contribution in [3.05, 3.63) is 63.6 Å². The van der Waals surface area contributed by atoms with Crippen LogP contribution >= 0.6 is 23.2 Å². The van der Waals surface area contributed by atoms with Gasteiger partial charge in [0.15, 0.2) is 6.61 Å². The molecule has 5 nitrogen and oxygen atoms in total. The number of ether oxygens (including phenoxy) is 1. The Bertz CT molecular complexity index is 858. The van der Waals surface area contributed by atoms with Crippen molar-refractivity contribution in [3.8, 4) is 5.75 Å². The second-order valence-corrected chi connectivity index (χ2v) is 7.61. The van der Waals surface area contributed by atoms with Gasteiger partial charge in [0.25, 0.3) is 5.91 Å². The van der Waals surface area contributed by atoms with Crippen molar-refractivity contribution < 1.29 is 14.3 Å². The van der Waals surface area contributed by atoms with Crippen molar-refractivity contribution in [2.45, 2.75) is 39.8 Å². The number of nitrogens with zero attached hydrogens (tertiary/aromatic N) is 1. The molecular weight excluding hydrogens is 411 g/mol. The van der Waals surface area contributed by atoms with Gasteiger partial charge in [-0.2, -0.15) is 0 Å². The summed E-state index contributed by atoms with van der Waals surface area (Å²) in [7, 11) is 0. The Kier molecular flexibility index (Phi) is 8.80. The van der Waals surface area contributed by atoms with E-state index in [9.17, 15) is 9.59 Å². The molecule has 2 amide bonds. The zero-order valence-electron chi connectivity index (χ0n) is 16.9. The smallest absolute Gasteiger partial charge is 0.261 e. The summed E-state index contributed by atoms with van der Waals surface area (Å²) in [5, 5.41) is 3.67.